The molecule has 31 heavy (non-hydrogen) atoms. The number of carbonyl (C=O) groups excluding carboxylic acids is 2. The molecule has 166 valence electrons. The molecule has 0 aromatic heterocycles. The fourth-order valence-electron chi connectivity index (χ4n) is 2.89. The third kappa shape index (κ3) is 7.40. The van der Waals surface area contributed by atoms with E-state index in [1.54, 1.807) is 6.07 Å². The molecule has 0 aliphatic heterocycles. The maximum Gasteiger partial charge on any atom is 0.416 e. The second-order valence-electron chi connectivity index (χ2n) is 6.89. The number of nitrogens with one attached hydrogen (secondary N) is 2. The lowest BCUT2D eigenvalue weighted by molar-refractivity contribution is -0.142. The van der Waals surface area contributed by atoms with Gasteiger partial charge in [-0.2, -0.15) is 13.2 Å². The van der Waals surface area contributed by atoms with Gasteiger partial charge in [0, 0.05) is 19.8 Å². The van der Waals surface area contributed by atoms with Crippen LogP contribution in [0.15, 0.2) is 48.5 Å². The van der Waals surface area contributed by atoms with Gasteiger partial charge in [0.1, 0.15) is 17.9 Å². The van der Waals surface area contributed by atoms with Crippen molar-refractivity contribution in [1.82, 2.24) is 10.6 Å². The summed E-state index contributed by atoms with van der Waals surface area (Å²) in [5.41, 5.74) is -0.210. The number of carboxylic acids is 1. The maximum atomic E-state index is 13.4. The zero-order valence-electron chi connectivity index (χ0n) is 16.4. The SMILES string of the molecule is CC(=O)N[C@H](Cc1cccc(F)c1)C(=O)N[C@H](Cc1ccc(C(F)(F)F)cc1)C(=O)O. The Balaban J connectivity index is 2.13. The van der Waals surface area contributed by atoms with Crippen molar-refractivity contribution in [1.29, 1.82) is 0 Å². The molecule has 0 fully saturated rings. The zero-order valence-corrected chi connectivity index (χ0v) is 16.4. The van der Waals surface area contributed by atoms with Gasteiger partial charge in [-0.25, -0.2) is 9.18 Å². The Morgan fingerprint density at radius 1 is 0.935 bits per heavy atom. The molecule has 6 nitrogen and oxygen atoms in total. The van der Waals surface area contributed by atoms with Crippen molar-refractivity contribution in [2.45, 2.75) is 38.0 Å². The van der Waals surface area contributed by atoms with E-state index in [0.29, 0.717) is 5.56 Å². The summed E-state index contributed by atoms with van der Waals surface area (Å²) in [6, 6.07) is 6.63. The van der Waals surface area contributed by atoms with Gasteiger partial charge in [-0.05, 0) is 35.4 Å². The summed E-state index contributed by atoms with van der Waals surface area (Å²) in [5.74, 6) is -3.31. The first-order valence-electron chi connectivity index (χ1n) is 9.16. The number of benzene rings is 2. The predicted molar refractivity (Wildman–Crippen MR) is 102 cm³/mol. The number of alkyl halides is 3. The van der Waals surface area contributed by atoms with Gasteiger partial charge in [-0.15, -0.1) is 0 Å². The number of carboxylic acid groups (broad SMARTS) is 1. The highest BCUT2D eigenvalue weighted by Gasteiger charge is 2.30. The van der Waals surface area contributed by atoms with Crippen molar-refractivity contribution < 1.29 is 37.1 Å². The molecule has 0 saturated carbocycles. The number of hydrogen-bond acceptors (Lipinski definition) is 3. The zero-order chi connectivity index (χ0) is 23.2. The molecule has 0 heterocycles. The fraction of sp³-hybridized carbons (Fsp3) is 0.286. The lowest BCUT2D eigenvalue weighted by Crippen LogP contribution is -2.52. The number of carbonyl (C=O) groups is 3. The summed E-state index contributed by atoms with van der Waals surface area (Å²) < 4.78 is 51.4. The van der Waals surface area contributed by atoms with E-state index in [-0.39, 0.29) is 18.4 Å². The molecular weight excluding hydrogens is 420 g/mol. The standard InChI is InChI=1S/C21H20F4N2O4/c1-12(28)26-17(11-14-3-2-4-16(22)9-14)19(29)27-18(20(30)31)10-13-5-7-15(8-6-13)21(23,24)25/h2-9,17-18H,10-11H2,1H3,(H,26,28)(H,27,29)(H,30,31)/t17-,18-/m1/s1. The van der Waals surface area contributed by atoms with Gasteiger partial charge in [-0.1, -0.05) is 24.3 Å². The number of amides is 2. The number of rotatable bonds is 8. The van der Waals surface area contributed by atoms with Crippen LogP contribution < -0.4 is 10.6 Å². The highest BCUT2D eigenvalue weighted by molar-refractivity contribution is 5.90. The largest absolute Gasteiger partial charge is 0.480 e. The monoisotopic (exact) mass is 440 g/mol. The molecule has 2 rings (SSSR count). The fourth-order valence-corrected chi connectivity index (χ4v) is 2.89. The number of halogens is 4. The molecular formula is C21H20F4N2O4. The Labute approximate surface area is 175 Å². The van der Waals surface area contributed by atoms with E-state index in [2.05, 4.69) is 10.6 Å². The van der Waals surface area contributed by atoms with Crippen LogP contribution in [-0.4, -0.2) is 35.0 Å². The lowest BCUT2D eigenvalue weighted by atomic mass is 10.0. The van der Waals surface area contributed by atoms with Crippen molar-refractivity contribution in [2.24, 2.45) is 0 Å². The Hall–Kier alpha value is -3.43. The number of aliphatic carboxylic acids is 1. The summed E-state index contributed by atoms with van der Waals surface area (Å²) in [6.07, 6.45) is -4.89. The van der Waals surface area contributed by atoms with E-state index in [1.807, 2.05) is 0 Å². The first kappa shape index (κ1) is 23.8. The van der Waals surface area contributed by atoms with E-state index >= 15 is 0 Å². The van der Waals surface area contributed by atoms with Crippen LogP contribution in [0.25, 0.3) is 0 Å². The molecule has 2 atom stereocenters. The first-order chi connectivity index (χ1) is 14.5. The maximum absolute atomic E-state index is 13.4. The van der Waals surface area contributed by atoms with Crippen LogP contribution in [0.4, 0.5) is 17.6 Å². The molecule has 0 spiro atoms. The van der Waals surface area contributed by atoms with Gasteiger partial charge in [-0.3, -0.25) is 9.59 Å². The molecule has 3 N–H and O–H groups in total. The van der Waals surface area contributed by atoms with Gasteiger partial charge < -0.3 is 15.7 Å². The van der Waals surface area contributed by atoms with Crippen LogP contribution in [-0.2, 0) is 33.4 Å². The Kier molecular flexibility index (Phi) is 7.73. The van der Waals surface area contributed by atoms with Crippen molar-refractivity contribution in [3.8, 4) is 0 Å². The smallest absolute Gasteiger partial charge is 0.416 e. The first-order valence-corrected chi connectivity index (χ1v) is 9.16. The Morgan fingerprint density at radius 2 is 1.55 bits per heavy atom. The molecule has 2 aromatic carbocycles. The van der Waals surface area contributed by atoms with Gasteiger partial charge in [0.15, 0.2) is 0 Å². The van der Waals surface area contributed by atoms with Gasteiger partial charge in [0.2, 0.25) is 11.8 Å². The average molecular weight is 440 g/mol. The van der Waals surface area contributed by atoms with E-state index in [1.165, 1.54) is 25.1 Å². The topological polar surface area (TPSA) is 95.5 Å². The van der Waals surface area contributed by atoms with Crippen LogP contribution in [0.5, 0.6) is 0 Å². The van der Waals surface area contributed by atoms with Gasteiger partial charge >= 0.3 is 12.1 Å². The minimum absolute atomic E-state index is 0.0875. The normalized spacial score (nSPS) is 13.2. The van der Waals surface area contributed by atoms with Gasteiger partial charge in [0.05, 0.1) is 5.56 Å². The molecule has 0 bridgehead atoms. The van der Waals surface area contributed by atoms with Crippen molar-refractivity contribution in [3.63, 3.8) is 0 Å². The summed E-state index contributed by atoms with van der Waals surface area (Å²) in [7, 11) is 0. The van der Waals surface area contributed by atoms with Crippen LogP contribution >= 0.6 is 0 Å². The highest BCUT2D eigenvalue weighted by Crippen LogP contribution is 2.29. The Bertz CT molecular complexity index is 945. The van der Waals surface area contributed by atoms with Crippen LogP contribution in [0.2, 0.25) is 0 Å². The van der Waals surface area contributed by atoms with E-state index in [4.69, 9.17) is 0 Å². The molecule has 2 aromatic rings. The van der Waals surface area contributed by atoms with Crippen molar-refractivity contribution in [2.75, 3.05) is 0 Å². The quantitative estimate of drug-likeness (QED) is 0.550. The third-order valence-electron chi connectivity index (χ3n) is 4.36. The molecule has 0 saturated heterocycles. The van der Waals surface area contributed by atoms with E-state index in [0.717, 1.165) is 24.3 Å². The molecule has 0 aliphatic carbocycles. The van der Waals surface area contributed by atoms with Crippen molar-refractivity contribution in [3.05, 3.63) is 71.0 Å². The van der Waals surface area contributed by atoms with Crippen LogP contribution in [0.3, 0.4) is 0 Å². The van der Waals surface area contributed by atoms with E-state index in [9.17, 15) is 37.1 Å². The van der Waals surface area contributed by atoms with Crippen LogP contribution in [0.1, 0.15) is 23.6 Å². The van der Waals surface area contributed by atoms with Gasteiger partial charge in [0.25, 0.3) is 0 Å². The summed E-state index contributed by atoms with van der Waals surface area (Å²) in [6.45, 7) is 1.17. The Morgan fingerprint density at radius 3 is 2.06 bits per heavy atom. The summed E-state index contributed by atoms with van der Waals surface area (Å²) in [4.78, 5) is 35.7. The molecule has 10 heteroatoms. The molecule has 2 amide bonds. The second-order valence-corrected chi connectivity index (χ2v) is 6.89. The average Bonchev–Trinajstić information content (AvgIpc) is 2.66. The van der Waals surface area contributed by atoms with Crippen LogP contribution in [0, 0.1) is 5.82 Å². The minimum Gasteiger partial charge on any atom is -0.480 e. The minimum atomic E-state index is -4.53. The second kappa shape index (κ2) is 10.1. The van der Waals surface area contributed by atoms with E-state index < -0.39 is 47.4 Å². The molecule has 0 unspecified atom stereocenters. The third-order valence-corrected chi connectivity index (χ3v) is 4.36. The number of hydrogen-bond donors (Lipinski definition) is 3. The summed E-state index contributed by atoms with van der Waals surface area (Å²) in [5, 5.41) is 14.1. The lowest BCUT2D eigenvalue weighted by Gasteiger charge is -2.21. The molecule has 0 radical (unpaired) electrons. The predicted octanol–water partition coefficient (Wildman–Crippen LogP) is 2.70. The van der Waals surface area contributed by atoms with Crippen molar-refractivity contribution >= 4 is 17.8 Å². The summed E-state index contributed by atoms with van der Waals surface area (Å²) >= 11 is 0. The molecule has 0 aliphatic rings. The highest BCUT2D eigenvalue weighted by atomic mass is 19.4.